The fraction of sp³-hybridized carbons (Fsp3) is 0.312. The molecule has 19 heavy (non-hydrogen) atoms. The quantitative estimate of drug-likeness (QED) is 0.906. The SMILES string of the molecule is Cc1cc(Oc2ccnc(CO)c2)ccc1C(C)C. The molecule has 2 rings (SSSR count). The van der Waals surface area contributed by atoms with Gasteiger partial charge in [0.25, 0.3) is 0 Å². The van der Waals surface area contributed by atoms with Crippen molar-refractivity contribution < 1.29 is 9.84 Å². The highest BCUT2D eigenvalue weighted by Gasteiger charge is 2.06. The lowest BCUT2D eigenvalue weighted by atomic mass is 9.98. The van der Waals surface area contributed by atoms with Crippen LogP contribution in [0.2, 0.25) is 0 Å². The average Bonchev–Trinajstić information content (AvgIpc) is 2.38. The number of aliphatic hydroxyl groups is 1. The number of ether oxygens (including phenoxy) is 1. The predicted octanol–water partition coefficient (Wildman–Crippen LogP) is 3.80. The Balaban J connectivity index is 2.21. The molecule has 0 spiro atoms. The molecule has 100 valence electrons. The molecule has 0 unspecified atom stereocenters. The van der Waals surface area contributed by atoms with Crippen LogP contribution in [-0.4, -0.2) is 10.1 Å². The van der Waals surface area contributed by atoms with Crippen LogP contribution in [0.5, 0.6) is 11.5 Å². The minimum atomic E-state index is -0.0808. The summed E-state index contributed by atoms with van der Waals surface area (Å²) in [5, 5.41) is 9.05. The van der Waals surface area contributed by atoms with Crippen LogP contribution in [0.3, 0.4) is 0 Å². The van der Waals surface area contributed by atoms with Crippen LogP contribution in [0.4, 0.5) is 0 Å². The maximum absolute atomic E-state index is 9.05. The molecule has 1 heterocycles. The van der Waals surface area contributed by atoms with Gasteiger partial charge >= 0.3 is 0 Å². The molecule has 0 aliphatic heterocycles. The minimum Gasteiger partial charge on any atom is -0.457 e. The van der Waals surface area contributed by atoms with E-state index in [0.29, 0.717) is 17.4 Å². The monoisotopic (exact) mass is 257 g/mol. The number of nitrogens with zero attached hydrogens (tertiary/aromatic N) is 1. The Bertz CT molecular complexity index is 564. The summed E-state index contributed by atoms with van der Waals surface area (Å²) in [6.07, 6.45) is 1.64. The second-order valence-corrected chi connectivity index (χ2v) is 4.92. The molecule has 1 N–H and O–H groups in total. The van der Waals surface area contributed by atoms with E-state index in [1.807, 2.05) is 12.1 Å². The molecule has 0 saturated carbocycles. The first kappa shape index (κ1) is 13.6. The molecular weight excluding hydrogens is 238 g/mol. The molecular formula is C16H19NO2. The van der Waals surface area contributed by atoms with Crippen molar-refractivity contribution in [2.75, 3.05) is 0 Å². The molecule has 1 aromatic heterocycles. The largest absolute Gasteiger partial charge is 0.457 e. The maximum Gasteiger partial charge on any atom is 0.130 e. The fourth-order valence-electron chi connectivity index (χ4n) is 2.10. The van der Waals surface area contributed by atoms with Crippen molar-refractivity contribution in [3.05, 3.63) is 53.3 Å². The number of pyridine rings is 1. The van der Waals surface area contributed by atoms with Crippen LogP contribution in [0.25, 0.3) is 0 Å². The highest BCUT2D eigenvalue weighted by Crippen LogP contribution is 2.27. The van der Waals surface area contributed by atoms with E-state index in [2.05, 4.69) is 31.8 Å². The van der Waals surface area contributed by atoms with Gasteiger partial charge < -0.3 is 9.84 Å². The second kappa shape index (κ2) is 5.85. The first-order valence-corrected chi connectivity index (χ1v) is 6.44. The zero-order chi connectivity index (χ0) is 13.8. The van der Waals surface area contributed by atoms with Gasteiger partial charge in [-0.05, 0) is 42.2 Å². The predicted molar refractivity (Wildman–Crippen MR) is 75.5 cm³/mol. The summed E-state index contributed by atoms with van der Waals surface area (Å²) in [5.41, 5.74) is 3.16. The van der Waals surface area contributed by atoms with E-state index in [1.165, 1.54) is 11.1 Å². The molecule has 0 fully saturated rings. The summed E-state index contributed by atoms with van der Waals surface area (Å²) in [5.74, 6) is 2.00. The Morgan fingerprint density at radius 1 is 1.16 bits per heavy atom. The lowest BCUT2D eigenvalue weighted by molar-refractivity contribution is 0.276. The number of hydrogen-bond acceptors (Lipinski definition) is 3. The van der Waals surface area contributed by atoms with Gasteiger partial charge in [0.05, 0.1) is 12.3 Å². The molecule has 0 aliphatic carbocycles. The van der Waals surface area contributed by atoms with Crippen molar-refractivity contribution in [3.8, 4) is 11.5 Å². The van der Waals surface area contributed by atoms with Crippen LogP contribution in [0.15, 0.2) is 36.5 Å². The zero-order valence-electron chi connectivity index (χ0n) is 11.6. The third kappa shape index (κ3) is 3.32. The lowest BCUT2D eigenvalue weighted by Crippen LogP contribution is -1.94. The van der Waals surface area contributed by atoms with Gasteiger partial charge in [-0.1, -0.05) is 19.9 Å². The number of hydrogen-bond donors (Lipinski definition) is 1. The van der Waals surface area contributed by atoms with Gasteiger partial charge in [0.15, 0.2) is 0 Å². The maximum atomic E-state index is 9.05. The Hall–Kier alpha value is -1.87. The van der Waals surface area contributed by atoms with Crippen LogP contribution in [0, 0.1) is 6.92 Å². The standard InChI is InChI=1S/C16H19NO2/c1-11(2)16-5-4-14(8-12(16)3)19-15-6-7-17-13(9-15)10-18/h4-9,11,18H,10H2,1-3H3. The fourth-order valence-corrected chi connectivity index (χ4v) is 2.10. The molecule has 0 aliphatic rings. The first-order valence-electron chi connectivity index (χ1n) is 6.44. The minimum absolute atomic E-state index is 0.0808. The molecule has 3 nitrogen and oxygen atoms in total. The van der Waals surface area contributed by atoms with Crippen molar-refractivity contribution in [2.45, 2.75) is 33.3 Å². The van der Waals surface area contributed by atoms with Crippen LogP contribution in [-0.2, 0) is 6.61 Å². The Morgan fingerprint density at radius 2 is 1.89 bits per heavy atom. The van der Waals surface area contributed by atoms with E-state index < -0.39 is 0 Å². The van der Waals surface area contributed by atoms with Gasteiger partial charge in [-0.2, -0.15) is 0 Å². The third-order valence-corrected chi connectivity index (χ3v) is 3.05. The average molecular weight is 257 g/mol. The van der Waals surface area contributed by atoms with Gasteiger partial charge in [0.2, 0.25) is 0 Å². The van der Waals surface area contributed by atoms with Crippen molar-refractivity contribution in [2.24, 2.45) is 0 Å². The van der Waals surface area contributed by atoms with Crippen LogP contribution < -0.4 is 4.74 Å². The molecule has 0 bridgehead atoms. The van der Waals surface area contributed by atoms with E-state index in [1.54, 1.807) is 18.3 Å². The highest BCUT2D eigenvalue weighted by atomic mass is 16.5. The van der Waals surface area contributed by atoms with E-state index in [-0.39, 0.29) is 6.61 Å². The molecule has 3 heteroatoms. The van der Waals surface area contributed by atoms with E-state index >= 15 is 0 Å². The number of aryl methyl sites for hydroxylation is 1. The molecule has 0 atom stereocenters. The van der Waals surface area contributed by atoms with Crippen molar-refractivity contribution in [1.29, 1.82) is 0 Å². The summed E-state index contributed by atoms with van der Waals surface area (Å²) < 4.78 is 5.79. The topological polar surface area (TPSA) is 42.4 Å². The van der Waals surface area contributed by atoms with Gasteiger partial charge in [-0.15, -0.1) is 0 Å². The molecule has 0 radical (unpaired) electrons. The normalized spacial score (nSPS) is 10.8. The Labute approximate surface area is 113 Å². The summed E-state index contributed by atoms with van der Waals surface area (Å²) in [4.78, 5) is 4.02. The highest BCUT2D eigenvalue weighted by molar-refractivity contribution is 5.39. The molecule has 1 aromatic carbocycles. The summed E-state index contributed by atoms with van der Waals surface area (Å²) in [6.45, 7) is 6.37. The number of rotatable bonds is 4. The van der Waals surface area contributed by atoms with Gasteiger partial charge in [-0.3, -0.25) is 4.98 Å². The van der Waals surface area contributed by atoms with Crippen molar-refractivity contribution in [1.82, 2.24) is 4.98 Å². The first-order chi connectivity index (χ1) is 9.10. The third-order valence-electron chi connectivity index (χ3n) is 3.05. The number of benzene rings is 1. The zero-order valence-corrected chi connectivity index (χ0v) is 11.6. The van der Waals surface area contributed by atoms with Crippen LogP contribution >= 0.6 is 0 Å². The Kier molecular flexibility index (Phi) is 4.17. The van der Waals surface area contributed by atoms with E-state index in [0.717, 1.165) is 5.75 Å². The van der Waals surface area contributed by atoms with Gasteiger partial charge in [0, 0.05) is 12.3 Å². The van der Waals surface area contributed by atoms with E-state index in [9.17, 15) is 0 Å². The summed E-state index contributed by atoms with van der Waals surface area (Å²) in [6, 6.07) is 9.63. The van der Waals surface area contributed by atoms with Gasteiger partial charge in [-0.25, -0.2) is 0 Å². The lowest BCUT2D eigenvalue weighted by Gasteiger charge is -2.12. The molecule has 0 amide bonds. The molecule has 2 aromatic rings. The van der Waals surface area contributed by atoms with E-state index in [4.69, 9.17) is 9.84 Å². The second-order valence-electron chi connectivity index (χ2n) is 4.92. The number of aromatic nitrogens is 1. The van der Waals surface area contributed by atoms with Crippen LogP contribution in [0.1, 0.15) is 36.6 Å². The van der Waals surface area contributed by atoms with Gasteiger partial charge in [0.1, 0.15) is 11.5 Å². The summed E-state index contributed by atoms with van der Waals surface area (Å²) in [7, 11) is 0. The smallest absolute Gasteiger partial charge is 0.130 e. The summed E-state index contributed by atoms with van der Waals surface area (Å²) >= 11 is 0. The molecule has 0 saturated heterocycles. The Morgan fingerprint density at radius 3 is 2.53 bits per heavy atom. The van der Waals surface area contributed by atoms with Crippen molar-refractivity contribution >= 4 is 0 Å². The number of aliphatic hydroxyl groups excluding tert-OH is 1. The van der Waals surface area contributed by atoms with Crippen molar-refractivity contribution in [3.63, 3.8) is 0 Å².